The Balaban J connectivity index is 2.31. The lowest BCUT2D eigenvalue weighted by Crippen LogP contribution is -2.44. The molecule has 1 aliphatic rings. The van der Waals surface area contributed by atoms with Crippen molar-refractivity contribution in [2.45, 2.75) is 0 Å². The Morgan fingerprint density at radius 3 is 2.37 bits per heavy atom. The Morgan fingerprint density at radius 2 is 1.84 bits per heavy atom. The number of rotatable bonds is 3. The fraction of sp³-hybridized carbons (Fsp3) is 0.538. The van der Waals surface area contributed by atoms with Crippen LogP contribution in [0.25, 0.3) is 0 Å². The van der Waals surface area contributed by atoms with E-state index in [2.05, 4.69) is 16.8 Å². The molecule has 2 rings (SSSR count). The molecule has 1 heterocycles. The molecule has 104 valence electrons. The summed E-state index contributed by atoms with van der Waals surface area (Å²) in [6.45, 7) is 3.94. The fourth-order valence-electron chi connectivity index (χ4n) is 2.30. The highest BCUT2D eigenvalue weighted by atomic mass is 16.6. The number of likely N-dealkylation sites (N-methyl/N-ethyl adjacent to an activating group) is 1. The molecule has 0 aliphatic carbocycles. The van der Waals surface area contributed by atoms with Crippen LogP contribution in [0, 0.1) is 10.1 Å². The van der Waals surface area contributed by atoms with Crippen LogP contribution in [-0.2, 0) is 0 Å². The molecule has 0 spiro atoms. The molecule has 0 N–H and O–H groups in total. The molecule has 1 fully saturated rings. The summed E-state index contributed by atoms with van der Waals surface area (Å²) in [7, 11) is 5.94. The first-order valence-corrected chi connectivity index (χ1v) is 6.38. The predicted octanol–water partition coefficient (Wildman–Crippen LogP) is 1.41. The minimum absolute atomic E-state index is 0.140. The van der Waals surface area contributed by atoms with Crippen molar-refractivity contribution in [1.29, 1.82) is 0 Å². The third-order valence-electron chi connectivity index (χ3n) is 3.50. The van der Waals surface area contributed by atoms with Crippen molar-refractivity contribution >= 4 is 17.1 Å². The van der Waals surface area contributed by atoms with Crippen LogP contribution in [0.2, 0.25) is 0 Å². The second-order valence-electron chi connectivity index (χ2n) is 5.11. The molecule has 0 saturated carbocycles. The van der Waals surface area contributed by atoms with E-state index in [0.29, 0.717) is 0 Å². The first-order chi connectivity index (χ1) is 8.99. The van der Waals surface area contributed by atoms with Gasteiger partial charge in [-0.3, -0.25) is 10.1 Å². The summed E-state index contributed by atoms with van der Waals surface area (Å²) in [6, 6.07) is 5.09. The molecule has 1 aliphatic heterocycles. The molecule has 1 aromatic rings. The second kappa shape index (κ2) is 5.44. The summed E-state index contributed by atoms with van der Waals surface area (Å²) < 4.78 is 0. The Bertz CT molecular complexity index is 468. The van der Waals surface area contributed by atoms with Crippen molar-refractivity contribution in [3.63, 3.8) is 0 Å². The molecule has 0 bridgehead atoms. The average molecular weight is 264 g/mol. The van der Waals surface area contributed by atoms with Gasteiger partial charge in [0.1, 0.15) is 0 Å². The fourth-order valence-corrected chi connectivity index (χ4v) is 2.30. The molecule has 6 heteroatoms. The molecule has 0 atom stereocenters. The van der Waals surface area contributed by atoms with Gasteiger partial charge < -0.3 is 14.7 Å². The van der Waals surface area contributed by atoms with Crippen molar-refractivity contribution in [3.05, 3.63) is 28.3 Å². The summed E-state index contributed by atoms with van der Waals surface area (Å²) in [6.07, 6.45) is 0. The van der Waals surface area contributed by atoms with E-state index in [0.717, 1.165) is 37.6 Å². The van der Waals surface area contributed by atoms with Gasteiger partial charge in [-0.1, -0.05) is 0 Å². The average Bonchev–Trinajstić information content (AvgIpc) is 2.38. The van der Waals surface area contributed by atoms with E-state index in [1.807, 2.05) is 25.1 Å². The van der Waals surface area contributed by atoms with E-state index in [4.69, 9.17) is 0 Å². The number of hydrogen-bond acceptors (Lipinski definition) is 5. The predicted molar refractivity (Wildman–Crippen MR) is 77.1 cm³/mol. The smallest absolute Gasteiger partial charge is 0.271 e. The first kappa shape index (κ1) is 13.6. The van der Waals surface area contributed by atoms with E-state index >= 15 is 0 Å². The Hall–Kier alpha value is -1.82. The molecule has 0 amide bonds. The standard InChI is InChI=1S/C13H20N4O2/c1-14(2)13-10-11(17(18)19)4-5-12(13)16-8-6-15(3)7-9-16/h4-5,10H,6-9H2,1-3H3. The topological polar surface area (TPSA) is 52.9 Å². The lowest BCUT2D eigenvalue weighted by molar-refractivity contribution is -0.384. The maximum Gasteiger partial charge on any atom is 0.271 e. The van der Waals surface area contributed by atoms with E-state index in [1.54, 1.807) is 12.1 Å². The number of nitro groups is 1. The van der Waals surface area contributed by atoms with E-state index in [1.165, 1.54) is 0 Å². The third kappa shape index (κ3) is 2.96. The number of piperazine rings is 1. The van der Waals surface area contributed by atoms with E-state index in [-0.39, 0.29) is 10.6 Å². The Kier molecular flexibility index (Phi) is 3.90. The number of nitrogens with zero attached hydrogens (tertiary/aromatic N) is 4. The van der Waals surface area contributed by atoms with Crippen LogP contribution in [0.4, 0.5) is 17.1 Å². The van der Waals surface area contributed by atoms with Gasteiger partial charge in [0.05, 0.1) is 16.3 Å². The maximum atomic E-state index is 10.9. The van der Waals surface area contributed by atoms with Crippen LogP contribution in [0.3, 0.4) is 0 Å². The van der Waals surface area contributed by atoms with Crippen LogP contribution < -0.4 is 9.80 Å². The van der Waals surface area contributed by atoms with Gasteiger partial charge >= 0.3 is 0 Å². The summed E-state index contributed by atoms with van der Waals surface area (Å²) in [5.41, 5.74) is 2.11. The second-order valence-corrected chi connectivity index (χ2v) is 5.11. The molecular formula is C13H20N4O2. The monoisotopic (exact) mass is 264 g/mol. The summed E-state index contributed by atoms with van der Waals surface area (Å²) >= 11 is 0. The van der Waals surface area contributed by atoms with Crippen molar-refractivity contribution in [3.8, 4) is 0 Å². The molecule has 0 aromatic heterocycles. The van der Waals surface area contributed by atoms with Gasteiger partial charge in [0.2, 0.25) is 0 Å². The molecule has 6 nitrogen and oxygen atoms in total. The third-order valence-corrected chi connectivity index (χ3v) is 3.50. The molecule has 0 radical (unpaired) electrons. The molecule has 1 saturated heterocycles. The van der Waals surface area contributed by atoms with Crippen molar-refractivity contribution in [2.75, 3.05) is 57.1 Å². The van der Waals surface area contributed by atoms with E-state index < -0.39 is 0 Å². The zero-order valence-electron chi connectivity index (χ0n) is 11.7. The van der Waals surface area contributed by atoms with Gasteiger partial charge in [-0.05, 0) is 13.1 Å². The minimum Gasteiger partial charge on any atom is -0.376 e. The Morgan fingerprint density at radius 1 is 1.21 bits per heavy atom. The number of benzene rings is 1. The lowest BCUT2D eigenvalue weighted by Gasteiger charge is -2.35. The SMILES string of the molecule is CN1CCN(c2ccc([N+](=O)[O-])cc2N(C)C)CC1. The largest absolute Gasteiger partial charge is 0.376 e. The number of nitro benzene ring substituents is 1. The minimum atomic E-state index is -0.346. The van der Waals surface area contributed by atoms with Gasteiger partial charge in [0.15, 0.2) is 0 Å². The van der Waals surface area contributed by atoms with Crippen LogP contribution in [0.1, 0.15) is 0 Å². The van der Waals surface area contributed by atoms with Crippen LogP contribution in [0.5, 0.6) is 0 Å². The zero-order chi connectivity index (χ0) is 14.0. The Labute approximate surface area is 113 Å². The summed E-state index contributed by atoms with van der Waals surface area (Å²) in [5, 5.41) is 10.9. The van der Waals surface area contributed by atoms with Crippen molar-refractivity contribution in [2.24, 2.45) is 0 Å². The molecule has 19 heavy (non-hydrogen) atoms. The maximum absolute atomic E-state index is 10.9. The van der Waals surface area contributed by atoms with Crippen molar-refractivity contribution < 1.29 is 4.92 Å². The highest BCUT2D eigenvalue weighted by Gasteiger charge is 2.20. The quantitative estimate of drug-likeness (QED) is 0.610. The highest BCUT2D eigenvalue weighted by Crippen LogP contribution is 2.32. The summed E-state index contributed by atoms with van der Waals surface area (Å²) in [5.74, 6) is 0. The first-order valence-electron chi connectivity index (χ1n) is 6.38. The highest BCUT2D eigenvalue weighted by molar-refractivity contribution is 5.74. The molecular weight excluding hydrogens is 244 g/mol. The van der Waals surface area contributed by atoms with Crippen LogP contribution in [0.15, 0.2) is 18.2 Å². The zero-order valence-corrected chi connectivity index (χ0v) is 11.7. The number of non-ortho nitro benzene ring substituents is 1. The van der Waals surface area contributed by atoms with Gasteiger partial charge in [0.25, 0.3) is 5.69 Å². The lowest BCUT2D eigenvalue weighted by atomic mass is 10.2. The molecule has 0 unspecified atom stereocenters. The van der Waals surface area contributed by atoms with Crippen molar-refractivity contribution in [1.82, 2.24) is 4.90 Å². The van der Waals surface area contributed by atoms with Crippen LogP contribution >= 0.6 is 0 Å². The van der Waals surface area contributed by atoms with Gasteiger partial charge in [0, 0.05) is 52.4 Å². The summed E-state index contributed by atoms with van der Waals surface area (Å²) in [4.78, 5) is 17.0. The van der Waals surface area contributed by atoms with Gasteiger partial charge in [-0.15, -0.1) is 0 Å². The normalized spacial score (nSPS) is 16.5. The van der Waals surface area contributed by atoms with Gasteiger partial charge in [-0.25, -0.2) is 0 Å². The van der Waals surface area contributed by atoms with Crippen LogP contribution in [-0.4, -0.2) is 57.1 Å². The van der Waals surface area contributed by atoms with E-state index in [9.17, 15) is 10.1 Å². The number of hydrogen-bond donors (Lipinski definition) is 0. The number of anilines is 2. The van der Waals surface area contributed by atoms with Gasteiger partial charge in [-0.2, -0.15) is 0 Å². The molecule has 1 aromatic carbocycles.